The molecule has 0 radical (unpaired) electrons. The average molecular weight is 242 g/mol. The summed E-state index contributed by atoms with van der Waals surface area (Å²) in [4.78, 5) is 0. The van der Waals surface area contributed by atoms with Crippen LogP contribution in [0.1, 0.15) is 43.0 Å². The van der Waals surface area contributed by atoms with Crippen LogP contribution in [-0.4, -0.2) is 14.8 Å². The highest BCUT2D eigenvalue weighted by molar-refractivity contribution is 5.31. The third-order valence-electron chi connectivity index (χ3n) is 3.62. The first-order valence-corrected chi connectivity index (χ1v) is 6.37. The predicted molar refractivity (Wildman–Crippen MR) is 70.1 cm³/mol. The third-order valence-corrected chi connectivity index (χ3v) is 3.62. The van der Waals surface area contributed by atoms with Gasteiger partial charge >= 0.3 is 0 Å². The molecular formula is C14H18N4. The Balaban J connectivity index is 2.09. The maximum atomic E-state index is 6.52. The van der Waals surface area contributed by atoms with Gasteiger partial charge in [0.1, 0.15) is 5.82 Å². The lowest BCUT2D eigenvalue weighted by molar-refractivity contribution is 0.507. The first-order chi connectivity index (χ1) is 8.60. The molecule has 1 aliphatic carbocycles. The maximum Gasteiger partial charge on any atom is 0.157 e. The number of hydrogen-bond acceptors (Lipinski definition) is 3. The van der Waals surface area contributed by atoms with Gasteiger partial charge in [0.25, 0.3) is 0 Å². The fourth-order valence-electron chi connectivity index (χ4n) is 2.41. The van der Waals surface area contributed by atoms with Crippen LogP contribution in [0.15, 0.2) is 30.3 Å². The average Bonchev–Trinajstić information content (AvgIpc) is 3.13. The van der Waals surface area contributed by atoms with Crippen LogP contribution in [0.4, 0.5) is 0 Å². The Morgan fingerprint density at radius 2 is 1.89 bits per heavy atom. The van der Waals surface area contributed by atoms with E-state index in [1.54, 1.807) is 0 Å². The molecule has 3 rings (SSSR count). The normalized spacial score (nSPS) is 18.6. The van der Waals surface area contributed by atoms with E-state index in [1.165, 1.54) is 12.8 Å². The van der Waals surface area contributed by atoms with Gasteiger partial charge in [-0.2, -0.15) is 0 Å². The molecule has 1 heterocycles. The van der Waals surface area contributed by atoms with Gasteiger partial charge in [0.15, 0.2) is 5.82 Å². The molecule has 2 aromatic rings. The second-order valence-corrected chi connectivity index (χ2v) is 5.24. The van der Waals surface area contributed by atoms with Crippen LogP contribution < -0.4 is 5.73 Å². The van der Waals surface area contributed by atoms with E-state index in [9.17, 15) is 0 Å². The summed E-state index contributed by atoms with van der Waals surface area (Å²) in [5, 5.41) is 8.52. The fraction of sp³-hybridized carbons (Fsp3) is 0.429. The monoisotopic (exact) mass is 242 g/mol. The Morgan fingerprint density at radius 1 is 1.22 bits per heavy atom. The Hall–Kier alpha value is -1.68. The van der Waals surface area contributed by atoms with Crippen LogP contribution >= 0.6 is 0 Å². The van der Waals surface area contributed by atoms with Gasteiger partial charge in [0.05, 0.1) is 5.54 Å². The van der Waals surface area contributed by atoms with E-state index < -0.39 is 5.54 Å². The van der Waals surface area contributed by atoms with Gasteiger partial charge in [-0.25, -0.2) is 0 Å². The van der Waals surface area contributed by atoms with Crippen molar-refractivity contribution in [3.63, 3.8) is 0 Å². The Bertz CT molecular complexity index is 552. The van der Waals surface area contributed by atoms with E-state index >= 15 is 0 Å². The topological polar surface area (TPSA) is 56.7 Å². The van der Waals surface area contributed by atoms with Crippen molar-refractivity contribution < 1.29 is 0 Å². The number of nitrogens with two attached hydrogens (primary N) is 1. The van der Waals surface area contributed by atoms with Crippen molar-refractivity contribution >= 4 is 0 Å². The molecule has 18 heavy (non-hydrogen) atoms. The van der Waals surface area contributed by atoms with Gasteiger partial charge in [-0.05, 0) is 32.3 Å². The molecule has 1 aliphatic rings. The Kier molecular flexibility index (Phi) is 2.48. The van der Waals surface area contributed by atoms with E-state index in [0.717, 1.165) is 17.2 Å². The zero-order valence-corrected chi connectivity index (χ0v) is 10.8. The van der Waals surface area contributed by atoms with Crippen molar-refractivity contribution in [2.24, 2.45) is 5.73 Å². The summed E-state index contributed by atoms with van der Waals surface area (Å²) in [6, 6.07) is 10.6. The molecule has 0 spiro atoms. The molecular weight excluding hydrogens is 224 g/mol. The SMILES string of the molecule is Cc1nnc(C(C)(N)c2ccccc2)n1C1CC1. The summed E-state index contributed by atoms with van der Waals surface area (Å²) in [5.41, 5.74) is 6.99. The van der Waals surface area contributed by atoms with E-state index in [0.29, 0.717) is 6.04 Å². The summed E-state index contributed by atoms with van der Waals surface area (Å²) in [7, 11) is 0. The van der Waals surface area contributed by atoms with Crippen molar-refractivity contribution in [2.75, 3.05) is 0 Å². The first kappa shape index (κ1) is 11.4. The number of hydrogen-bond donors (Lipinski definition) is 1. The van der Waals surface area contributed by atoms with E-state index in [1.807, 2.05) is 44.2 Å². The number of nitrogens with zero attached hydrogens (tertiary/aromatic N) is 3. The van der Waals surface area contributed by atoms with Crippen LogP contribution in [0.2, 0.25) is 0 Å². The Morgan fingerprint density at radius 3 is 2.50 bits per heavy atom. The molecule has 1 fully saturated rings. The highest BCUT2D eigenvalue weighted by Crippen LogP contribution is 2.39. The lowest BCUT2D eigenvalue weighted by Crippen LogP contribution is -2.37. The van der Waals surface area contributed by atoms with Gasteiger partial charge < -0.3 is 10.3 Å². The first-order valence-electron chi connectivity index (χ1n) is 6.37. The quantitative estimate of drug-likeness (QED) is 0.897. The lowest BCUT2D eigenvalue weighted by atomic mass is 9.92. The molecule has 2 N–H and O–H groups in total. The smallest absolute Gasteiger partial charge is 0.157 e. The molecule has 1 aromatic carbocycles. The maximum absolute atomic E-state index is 6.52. The summed E-state index contributed by atoms with van der Waals surface area (Å²) in [6.45, 7) is 4.00. The summed E-state index contributed by atoms with van der Waals surface area (Å²) < 4.78 is 2.20. The second-order valence-electron chi connectivity index (χ2n) is 5.24. The van der Waals surface area contributed by atoms with Crippen LogP contribution in [0.3, 0.4) is 0 Å². The summed E-state index contributed by atoms with van der Waals surface area (Å²) in [5.74, 6) is 1.83. The van der Waals surface area contributed by atoms with Crippen LogP contribution in [-0.2, 0) is 5.54 Å². The van der Waals surface area contributed by atoms with Crippen molar-refractivity contribution in [2.45, 2.75) is 38.3 Å². The number of rotatable bonds is 3. The predicted octanol–water partition coefficient (Wildman–Crippen LogP) is 2.14. The van der Waals surface area contributed by atoms with Crippen molar-refractivity contribution in [3.8, 4) is 0 Å². The van der Waals surface area contributed by atoms with Crippen molar-refractivity contribution in [1.29, 1.82) is 0 Å². The van der Waals surface area contributed by atoms with Gasteiger partial charge in [0.2, 0.25) is 0 Å². The van der Waals surface area contributed by atoms with Crippen LogP contribution in [0, 0.1) is 6.92 Å². The standard InChI is InChI=1S/C14H18N4/c1-10-16-17-13(18(10)12-8-9-12)14(2,15)11-6-4-3-5-7-11/h3-7,12H,8-9,15H2,1-2H3. The van der Waals surface area contributed by atoms with Crippen molar-refractivity contribution in [1.82, 2.24) is 14.8 Å². The van der Waals surface area contributed by atoms with Gasteiger partial charge in [-0.3, -0.25) is 0 Å². The molecule has 1 atom stereocenters. The number of aryl methyl sites for hydroxylation is 1. The fourth-order valence-corrected chi connectivity index (χ4v) is 2.41. The van der Waals surface area contributed by atoms with Gasteiger partial charge in [-0.15, -0.1) is 10.2 Å². The third kappa shape index (κ3) is 1.73. The van der Waals surface area contributed by atoms with E-state index in [-0.39, 0.29) is 0 Å². The highest BCUT2D eigenvalue weighted by Gasteiger charge is 2.36. The summed E-state index contributed by atoms with van der Waals surface area (Å²) >= 11 is 0. The molecule has 4 heteroatoms. The van der Waals surface area contributed by atoms with E-state index in [2.05, 4.69) is 14.8 Å². The molecule has 0 bridgehead atoms. The molecule has 0 amide bonds. The minimum Gasteiger partial charge on any atom is -0.315 e. The second kappa shape index (κ2) is 3.92. The van der Waals surface area contributed by atoms with Crippen LogP contribution in [0.5, 0.6) is 0 Å². The molecule has 4 nitrogen and oxygen atoms in total. The zero-order valence-electron chi connectivity index (χ0n) is 10.8. The molecule has 0 saturated heterocycles. The summed E-state index contributed by atoms with van der Waals surface area (Å²) in [6.07, 6.45) is 2.41. The Labute approximate surface area is 107 Å². The molecule has 1 saturated carbocycles. The molecule has 1 unspecified atom stereocenters. The van der Waals surface area contributed by atoms with E-state index in [4.69, 9.17) is 5.73 Å². The molecule has 94 valence electrons. The number of aromatic nitrogens is 3. The highest BCUT2D eigenvalue weighted by atomic mass is 15.3. The lowest BCUT2D eigenvalue weighted by Gasteiger charge is -2.25. The molecule has 1 aromatic heterocycles. The number of benzene rings is 1. The zero-order chi connectivity index (χ0) is 12.8. The molecule has 0 aliphatic heterocycles. The van der Waals surface area contributed by atoms with Crippen molar-refractivity contribution in [3.05, 3.63) is 47.5 Å². The minimum absolute atomic E-state index is 0.543. The van der Waals surface area contributed by atoms with Crippen LogP contribution in [0.25, 0.3) is 0 Å². The van der Waals surface area contributed by atoms with Gasteiger partial charge in [0, 0.05) is 6.04 Å². The van der Waals surface area contributed by atoms with Gasteiger partial charge in [-0.1, -0.05) is 30.3 Å². The largest absolute Gasteiger partial charge is 0.315 e. The minimum atomic E-state index is -0.592.